The van der Waals surface area contributed by atoms with Gasteiger partial charge in [-0.1, -0.05) is 31.5 Å². The average Bonchev–Trinajstić information content (AvgIpc) is 2.55. The van der Waals surface area contributed by atoms with Gasteiger partial charge < -0.3 is 10.2 Å². The van der Waals surface area contributed by atoms with Crippen molar-refractivity contribution in [3.63, 3.8) is 0 Å². The lowest BCUT2D eigenvalue weighted by molar-refractivity contribution is 0.541. The highest BCUT2D eigenvalue weighted by Crippen LogP contribution is 2.32. The van der Waals surface area contributed by atoms with Crippen molar-refractivity contribution >= 4 is 5.69 Å². The number of nitrogens with one attached hydrogen (secondary N) is 1. The highest BCUT2D eigenvalue weighted by atomic mass is 15.1. The summed E-state index contributed by atoms with van der Waals surface area (Å²) >= 11 is 0. The summed E-state index contributed by atoms with van der Waals surface area (Å²) < 4.78 is 0. The minimum atomic E-state index is 0.526. The fourth-order valence-corrected chi connectivity index (χ4v) is 2.71. The maximum Gasteiger partial charge on any atom is 0.0414 e. The fourth-order valence-electron chi connectivity index (χ4n) is 2.71. The van der Waals surface area contributed by atoms with E-state index in [-0.39, 0.29) is 0 Å². The molecule has 2 nitrogen and oxygen atoms in total. The molecule has 17 heavy (non-hydrogen) atoms. The maximum absolute atomic E-state index is 3.45. The number of benzene rings is 1. The minimum absolute atomic E-state index is 0.526. The normalized spacial score (nSPS) is 19.9. The van der Waals surface area contributed by atoms with Gasteiger partial charge in [-0.3, -0.25) is 0 Å². The maximum atomic E-state index is 3.45. The molecule has 1 aromatic rings. The molecule has 1 aliphatic rings. The predicted molar refractivity (Wildman–Crippen MR) is 74.6 cm³/mol. The van der Waals surface area contributed by atoms with Crippen LogP contribution in [-0.2, 0) is 0 Å². The quantitative estimate of drug-likeness (QED) is 0.856. The van der Waals surface area contributed by atoms with Crippen LogP contribution in [0.1, 0.15) is 44.2 Å². The van der Waals surface area contributed by atoms with E-state index in [1.165, 1.54) is 50.0 Å². The van der Waals surface area contributed by atoms with Gasteiger partial charge in [0, 0.05) is 24.8 Å². The summed E-state index contributed by atoms with van der Waals surface area (Å²) in [4.78, 5) is 2.57. The SMILES string of the molecule is CCCCN1CCCC(NC)c2ccccc21. The minimum Gasteiger partial charge on any atom is -0.371 e. The van der Waals surface area contributed by atoms with Gasteiger partial charge in [0.1, 0.15) is 0 Å². The molecule has 2 heteroatoms. The monoisotopic (exact) mass is 232 g/mol. The van der Waals surface area contributed by atoms with E-state index in [9.17, 15) is 0 Å². The van der Waals surface area contributed by atoms with E-state index in [0.717, 1.165) is 0 Å². The molecule has 0 fully saturated rings. The van der Waals surface area contributed by atoms with Crippen LogP contribution < -0.4 is 10.2 Å². The van der Waals surface area contributed by atoms with Gasteiger partial charge in [0.2, 0.25) is 0 Å². The first-order chi connectivity index (χ1) is 8.36. The number of anilines is 1. The van der Waals surface area contributed by atoms with E-state index in [1.54, 1.807) is 0 Å². The van der Waals surface area contributed by atoms with E-state index in [4.69, 9.17) is 0 Å². The molecule has 0 aromatic heterocycles. The molecule has 0 spiro atoms. The summed E-state index contributed by atoms with van der Waals surface area (Å²) in [5.41, 5.74) is 2.92. The molecule has 0 bridgehead atoms. The van der Waals surface area contributed by atoms with Crippen molar-refractivity contribution in [3.05, 3.63) is 29.8 Å². The van der Waals surface area contributed by atoms with Gasteiger partial charge in [-0.15, -0.1) is 0 Å². The van der Waals surface area contributed by atoms with Gasteiger partial charge in [-0.2, -0.15) is 0 Å². The van der Waals surface area contributed by atoms with Gasteiger partial charge in [-0.25, -0.2) is 0 Å². The van der Waals surface area contributed by atoms with E-state index in [0.29, 0.717) is 6.04 Å². The Labute approximate surface area is 105 Å². The Balaban J connectivity index is 2.25. The Morgan fingerprint density at radius 3 is 2.94 bits per heavy atom. The molecular weight excluding hydrogens is 208 g/mol. The molecule has 1 N–H and O–H groups in total. The van der Waals surface area contributed by atoms with Gasteiger partial charge in [0.15, 0.2) is 0 Å². The van der Waals surface area contributed by atoms with Crippen molar-refractivity contribution < 1.29 is 0 Å². The predicted octanol–water partition coefficient (Wildman–Crippen LogP) is 3.35. The van der Waals surface area contributed by atoms with Crippen molar-refractivity contribution in [2.24, 2.45) is 0 Å². The Morgan fingerprint density at radius 1 is 1.35 bits per heavy atom. The van der Waals surface area contributed by atoms with Gasteiger partial charge in [-0.05, 0) is 37.9 Å². The first-order valence-corrected chi connectivity index (χ1v) is 6.88. The Hall–Kier alpha value is -1.02. The lowest BCUT2D eigenvalue weighted by Crippen LogP contribution is -2.25. The average molecular weight is 232 g/mol. The second-order valence-electron chi connectivity index (χ2n) is 4.88. The van der Waals surface area contributed by atoms with E-state index in [1.807, 2.05) is 0 Å². The molecule has 1 atom stereocenters. The molecule has 0 saturated carbocycles. The molecule has 1 unspecified atom stereocenters. The molecule has 1 heterocycles. The number of para-hydroxylation sites is 1. The summed E-state index contributed by atoms with van der Waals surface area (Å²) in [7, 11) is 2.07. The van der Waals surface area contributed by atoms with Crippen LogP contribution >= 0.6 is 0 Å². The summed E-state index contributed by atoms with van der Waals surface area (Å²) in [5.74, 6) is 0. The molecule has 0 aliphatic carbocycles. The number of hydrogen-bond acceptors (Lipinski definition) is 2. The molecule has 1 aromatic carbocycles. The largest absolute Gasteiger partial charge is 0.371 e. The molecule has 94 valence electrons. The number of unbranched alkanes of at least 4 members (excludes halogenated alkanes) is 1. The molecule has 0 amide bonds. The van der Waals surface area contributed by atoms with Crippen LogP contribution in [0.15, 0.2) is 24.3 Å². The highest BCUT2D eigenvalue weighted by Gasteiger charge is 2.20. The number of fused-ring (bicyclic) bond motifs is 1. The number of nitrogens with zero attached hydrogens (tertiary/aromatic N) is 1. The Kier molecular flexibility index (Phi) is 4.43. The van der Waals surface area contributed by atoms with Crippen LogP contribution in [0.5, 0.6) is 0 Å². The van der Waals surface area contributed by atoms with E-state index < -0.39 is 0 Å². The molecule has 0 radical (unpaired) electrons. The van der Waals surface area contributed by atoms with Crippen LogP contribution in [-0.4, -0.2) is 20.1 Å². The third kappa shape index (κ3) is 2.81. The molecular formula is C15H24N2. The Morgan fingerprint density at radius 2 is 2.18 bits per heavy atom. The first-order valence-electron chi connectivity index (χ1n) is 6.88. The molecule has 2 rings (SSSR count). The van der Waals surface area contributed by atoms with Crippen molar-refractivity contribution in [1.82, 2.24) is 5.32 Å². The zero-order valence-corrected chi connectivity index (χ0v) is 11.1. The molecule has 0 saturated heterocycles. The van der Waals surface area contributed by atoms with Gasteiger partial charge in [0.25, 0.3) is 0 Å². The van der Waals surface area contributed by atoms with Gasteiger partial charge in [0.05, 0.1) is 0 Å². The third-order valence-corrected chi connectivity index (χ3v) is 3.70. The summed E-state index contributed by atoms with van der Waals surface area (Å²) in [6.07, 6.45) is 5.09. The van der Waals surface area contributed by atoms with Crippen molar-refractivity contribution in [2.75, 3.05) is 25.0 Å². The second kappa shape index (κ2) is 6.06. The summed E-state index contributed by atoms with van der Waals surface area (Å²) in [6.45, 7) is 4.67. The second-order valence-corrected chi connectivity index (χ2v) is 4.88. The summed E-state index contributed by atoms with van der Waals surface area (Å²) in [5, 5.41) is 3.45. The van der Waals surface area contributed by atoms with Crippen molar-refractivity contribution in [2.45, 2.75) is 38.6 Å². The zero-order chi connectivity index (χ0) is 12.1. The van der Waals surface area contributed by atoms with E-state index in [2.05, 4.69) is 48.5 Å². The highest BCUT2D eigenvalue weighted by molar-refractivity contribution is 5.55. The molecule has 1 aliphatic heterocycles. The lowest BCUT2D eigenvalue weighted by atomic mass is 10.0. The van der Waals surface area contributed by atoms with Crippen molar-refractivity contribution in [3.8, 4) is 0 Å². The lowest BCUT2D eigenvalue weighted by Gasteiger charge is -2.25. The number of hydrogen-bond donors (Lipinski definition) is 1. The standard InChI is InChI=1S/C15H24N2/c1-3-4-11-17-12-7-9-14(16-2)13-8-5-6-10-15(13)17/h5-6,8,10,14,16H,3-4,7,9,11-12H2,1-2H3. The smallest absolute Gasteiger partial charge is 0.0414 e. The van der Waals surface area contributed by atoms with Crippen LogP contribution in [0.4, 0.5) is 5.69 Å². The first kappa shape index (κ1) is 12.4. The summed E-state index contributed by atoms with van der Waals surface area (Å²) in [6, 6.07) is 9.40. The van der Waals surface area contributed by atoms with E-state index >= 15 is 0 Å². The van der Waals surface area contributed by atoms with Crippen LogP contribution in [0.2, 0.25) is 0 Å². The zero-order valence-electron chi connectivity index (χ0n) is 11.1. The topological polar surface area (TPSA) is 15.3 Å². The van der Waals surface area contributed by atoms with Gasteiger partial charge >= 0.3 is 0 Å². The number of rotatable bonds is 4. The Bertz CT molecular complexity index is 349. The fraction of sp³-hybridized carbons (Fsp3) is 0.600. The third-order valence-electron chi connectivity index (χ3n) is 3.70. The van der Waals surface area contributed by atoms with Crippen molar-refractivity contribution in [1.29, 1.82) is 0 Å². The van der Waals surface area contributed by atoms with Crippen LogP contribution in [0.25, 0.3) is 0 Å². The van der Waals surface area contributed by atoms with Crippen LogP contribution in [0.3, 0.4) is 0 Å². The van der Waals surface area contributed by atoms with Crippen LogP contribution in [0, 0.1) is 0 Å².